The number of rotatable bonds is 7. The third kappa shape index (κ3) is 4.87. The lowest BCUT2D eigenvalue weighted by Gasteiger charge is -2.05. The van der Waals surface area contributed by atoms with E-state index in [1.807, 2.05) is 0 Å². The van der Waals surface area contributed by atoms with Crippen molar-refractivity contribution in [2.75, 3.05) is 6.61 Å². The molecule has 0 spiro atoms. The molecule has 0 N–H and O–H groups in total. The minimum atomic E-state index is -1.06. The highest BCUT2D eigenvalue weighted by Crippen LogP contribution is 2.26. The highest BCUT2D eigenvalue weighted by Gasteiger charge is 2.18. The van der Waals surface area contributed by atoms with Crippen molar-refractivity contribution in [3.8, 4) is 11.3 Å². The quantitative estimate of drug-likeness (QED) is 0.333. The predicted molar refractivity (Wildman–Crippen MR) is 91.8 cm³/mol. The lowest BCUT2D eigenvalue weighted by Crippen LogP contribution is -2.15. The van der Waals surface area contributed by atoms with E-state index >= 15 is 0 Å². The van der Waals surface area contributed by atoms with Crippen molar-refractivity contribution in [1.82, 2.24) is 4.98 Å². The van der Waals surface area contributed by atoms with Crippen LogP contribution in [0.1, 0.15) is 22.7 Å². The predicted octanol–water partition coefficient (Wildman–Crippen LogP) is 4.26. The molecule has 9 heteroatoms. The van der Waals surface area contributed by atoms with Gasteiger partial charge in [0.05, 0.1) is 23.7 Å². The number of Topliss-reactive ketones (excluding diaryl/α,β-unsaturated/α-hetero) is 1. The van der Waals surface area contributed by atoms with Gasteiger partial charge < -0.3 is 9.15 Å². The second-order valence-corrected chi connectivity index (χ2v) is 5.92. The first-order valence-electron chi connectivity index (χ1n) is 8.38. The van der Waals surface area contributed by atoms with E-state index in [9.17, 15) is 27.2 Å². The highest BCUT2D eigenvalue weighted by molar-refractivity contribution is 5.98. The van der Waals surface area contributed by atoms with Crippen LogP contribution in [0.15, 0.2) is 47.0 Å². The van der Waals surface area contributed by atoms with Gasteiger partial charge in [-0.1, -0.05) is 6.07 Å². The number of carbonyl (C=O) groups excluding carboxylic acids is 2. The number of nitrogens with zero attached hydrogens (tertiary/aromatic N) is 1. The Morgan fingerprint density at radius 3 is 2.41 bits per heavy atom. The van der Waals surface area contributed by atoms with Crippen LogP contribution in [0.3, 0.4) is 0 Å². The normalized spacial score (nSPS) is 10.8. The molecule has 0 atom stereocenters. The third-order valence-corrected chi connectivity index (χ3v) is 3.90. The van der Waals surface area contributed by atoms with Crippen LogP contribution in [-0.4, -0.2) is 23.3 Å². The number of ether oxygens (including phenoxy) is 1. The summed E-state index contributed by atoms with van der Waals surface area (Å²) in [6.07, 6.45) is 0.843. The second-order valence-electron chi connectivity index (χ2n) is 5.92. The molecule has 0 aliphatic carbocycles. The fourth-order valence-electron chi connectivity index (χ4n) is 2.50. The van der Waals surface area contributed by atoms with E-state index in [1.165, 1.54) is 6.07 Å². The van der Waals surface area contributed by atoms with Crippen LogP contribution in [0.4, 0.5) is 17.6 Å². The van der Waals surface area contributed by atoms with Crippen molar-refractivity contribution in [2.45, 2.75) is 12.8 Å². The van der Waals surface area contributed by atoms with Gasteiger partial charge in [-0.3, -0.25) is 9.59 Å². The number of hydrogen-bond donors (Lipinski definition) is 0. The zero-order valence-corrected chi connectivity index (χ0v) is 14.8. The van der Waals surface area contributed by atoms with E-state index in [0.717, 1.165) is 30.5 Å². The molecular formula is C20H13F4NO4. The van der Waals surface area contributed by atoms with E-state index in [1.54, 1.807) is 0 Å². The van der Waals surface area contributed by atoms with Gasteiger partial charge in [0.1, 0.15) is 23.3 Å². The number of hydrogen-bond acceptors (Lipinski definition) is 5. The number of aromatic nitrogens is 1. The van der Waals surface area contributed by atoms with Gasteiger partial charge >= 0.3 is 5.97 Å². The summed E-state index contributed by atoms with van der Waals surface area (Å²) in [5, 5.41) is 0. The standard InChI is InChI=1S/C20H13F4NO4/c21-11-4-5-12(15(24)8-11)16(26)10-28-19(27)7-6-18-25-9-17(29-18)20-13(22)2-1-3-14(20)23/h1-5,8-9H,6-7,10H2. The molecule has 0 radical (unpaired) electrons. The molecule has 3 aromatic rings. The van der Waals surface area contributed by atoms with Crippen LogP contribution in [-0.2, 0) is 16.0 Å². The molecule has 1 aromatic heterocycles. The maximum atomic E-state index is 13.7. The molecule has 0 fully saturated rings. The minimum Gasteiger partial charge on any atom is -0.457 e. The summed E-state index contributed by atoms with van der Waals surface area (Å²) in [5.41, 5.74) is -0.774. The molecule has 5 nitrogen and oxygen atoms in total. The number of benzene rings is 2. The zero-order valence-electron chi connectivity index (χ0n) is 14.8. The molecule has 3 rings (SSSR count). The molecule has 0 bridgehead atoms. The van der Waals surface area contributed by atoms with Gasteiger partial charge in [0.2, 0.25) is 5.78 Å². The van der Waals surface area contributed by atoms with Gasteiger partial charge in [0.25, 0.3) is 0 Å². The first-order valence-corrected chi connectivity index (χ1v) is 8.38. The van der Waals surface area contributed by atoms with Gasteiger partial charge in [0, 0.05) is 12.5 Å². The Kier molecular flexibility index (Phi) is 6.06. The molecule has 0 saturated carbocycles. The van der Waals surface area contributed by atoms with Crippen LogP contribution in [0, 0.1) is 23.3 Å². The van der Waals surface area contributed by atoms with Crippen molar-refractivity contribution in [2.24, 2.45) is 0 Å². The second kappa shape index (κ2) is 8.68. The van der Waals surface area contributed by atoms with Gasteiger partial charge in [-0.05, 0) is 24.3 Å². The average Bonchev–Trinajstić information content (AvgIpc) is 3.13. The maximum Gasteiger partial charge on any atom is 0.306 e. The van der Waals surface area contributed by atoms with Crippen LogP contribution in [0.2, 0.25) is 0 Å². The highest BCUT2D eigenvalue weighted by atomic mass is 19.1. The van der Waals surface area contributed by atoms with E-state index in [2.05, 4.69) is 4.98 Å². The summed E-state index contributed by atoms with van der Waals surface area (Å²) >= 11 is 0. The summed E-state index contributed by atoms with van der Waals surface area (Å²) in [6.45, 7) is -0.724. The summed E-state index contributed by atoms with van der Waals surface area (Å²) in [4.78, 5) is 27.4. The van der Waals surface area contributed by atoms with Crippen molar-refractivity contribution >= 4 is 11.8 Å². The Bertz CT molecular complexity index is 1040. The van der Waals surface area contributed by atoms with Crippen molar-refractivity contribution in [1.29, 1.82) is 0 Å². The van der Waals surface area contributed by atoms with Crippen LogP contribution >= 0.6 is 0 Å². The van der Waals surface area contributed by atoms with E-state index in [-0.39, 0.29) is 30.1 Å². The van der Waals surface area contributed by atoms with E-state index in [4.69, 9.17) is 9.15 Å². The fourth-order valence-corrected chi connectivity index (χ4v) is 2.50. The third-order valence-electron chi connectivity index (χ3n) is 3.90. The summed E-state index contributed by atoms with van der Waals surface area (Å²) in [5.74, 6) is -5.25. The lowest BCUT2D eigenvalue weighted by atomic mass is 10.1. The van der Waals surface area contributed by atoms with Crippen molar-refractivity contribution in [3.05, 3.63) is 77.3 Å². The van der Waals surface area contributed by atoms with Gasteiger partial charge in [-0.25, -0.2) is 22.5 Å². The van der Waals surface area contributed by atoms with Crippen LogP contribution in [0.5, 0.6) is 0 Å². The number of oxazole rings is 1. The Morgan fingerprint density at radius 2 is 1.72 bits per heavy atom. The fraction of sp³-hybridized carbons (Fsp3) is 0.150. The Hall–Kier alpha value is -3.49. The summed E-state index contributed by atoms with van der Waals surface area (Å²) in [6, 6.07) is 5.76. The first-order chi connectivity index (χ1) is 13.8. The number of esters is 1. The molecule has 2 aromatic carbocycles. The van der Waals surface area contributed by atoms with Crippen molar-refractivity contribution in [3.63, 3.8) is 0 Å². The average molecular weight is 407 g/mol. The van der Waals surface area contributed by atoms with Gasteiger partial charge in [-0.2, -0.15) is 0 Å². The summed E-state index contributed by atoms with van der Waals surface area (Å²) in [7, 11) is 0. The molecule has 0 aliphatic rings. The van der Waals surface area contributed by atoms with E-state index < -0.39 is 47.2 Å². The molecule has 150 valence electrons. The molecule has 1 heterocycles. The maximum absolute atomic E-state index is 13.7. The Balaban J connectivity index is 1.54. The summed E-state index contributed by atoms with van der Waals surface area (Å²) < 4.78 is 63.9. The number of ketones is 1. The Morgan fingerprint density at radius 1 is 1.00 bits per heavy atom. The molecule has 0 unspecified atom stereocenters. The monoisotopic (exact) mass is 407 g/mol. The molecule has 29 heavy (non-hydrogen) atoms. The largest absolute Gasteiger partial charge is 0.457 e. The van der Waals surface area contributed by atoms with Crippen LogP contribution < -0.4 is 0 Å². The molecule has 0 aliphatic heterocycles. The smallest absolute Gasteiger partial charge is 0.306 e. The van der Waals surface area contributed by atoms with Crippen LogP contribution in [0.25, 0.3) is 11.3 Å². The zero-order chi connectivity index (χ0) is 21.0. The molecule has 0 amide bonds. The van der Waals surface area contributed by atoms with Gasteiger partial charge in [0.15, 0.2) is 18.3 Å². The molecule has 0 saturated heterocycles. The molecular weight excluding hydrogens is 394 g/mol. The minimum absolute atomic E-state index is 0.0375. The lowest BCUT2D eigenvalue weighted by molar-refractivity contribution is -0.142. The SMILES string of the molecule is O=C(CCc1ncc(-c2c(F)cccc2F)o1)OCC(=O)c1ccc(F)cc1F. The van der Waals surface area contributed by atoms with Gasteiger partial charge in [-0.15, -0.1) is 0 Å². The number of aryl methyl sites for hydroxylation is 1. The first kappa shape index (κ1) is 20.2. The topological polar surface area (TPSA) is 69.4 Å². The van der Waals surface area contributed by atoms with E-state index in [0.29, 0.717) is 6.07 Å². The Labute approximate surface area is 161 Å². The van der Waals surface area contributed by atoms with Crippen molar-refractivity contribution < 1.29 is 36.3 Å². The number of halogens is 4. The number of carbonyl (C=O) groups is 2.